The van der Waals surface area contributed by atoms with Crippen LogP contribution in [0.2, 0.25) is 0 Å². The zero-order chi connectivity index (χ0) is 11.5. The smallest absolute Gasteiger partial charge is 0.0347 e. The van der Waals surface area contributed by atoms with Crippen LogP contribution in [-0.4, -0.2) is 22.9 Å². The highest BCUT2D eigenvalue weighted by molar-refractivity contribution is 4.63. The van der Waals surface area contributed by atoms with E-state index in [-0.39, 0.29) is 0 Å². The van der Waals surface area contributed by atoms with E-state index in [1.165, 1.54) is 32.1 Å². The van der Waals surface area contributed by atoms with Crippen LogP contribution in [-0.2, 0) is 0 Å². The van der Waals surface area contributed by atoms with Crippen LogP contribution in [0, 0.1) is 0 Å². The molecule has 0 aromatic rings. The summed E-state index contributed by atoms with van der Waals surface area (Å²) in [5.41, 5.74) is 0. The quantitative estimate of drug-likeness (QED) is 0.435. The average molecular weight is 215 g/mol. The Morgan fingerprint density at radius 2 is 1.60 bits per heavy atom. The van der Waals surface area contributed by atoms with E-state index < -0.39 is 0 Å². The van der Waals surface area contributed by atoms with Gasteiger partial charge in [0.15, 0.2) is 0 Å². The van der Waals surface area contributed by atoms with E-state index in [0.29, 0.717) is 6.04 Å². The summed E-state index contributed by atoms with van der Waals surface area (Å²) < 4.78 is 0. The van der Waals surface area contributed by atoms with Crippen molar-refractivity contribution in [1.29, 1.82) is 0 Å². The standard InChI is InChI=1S/C13H29NO/c1-4-7-8-9-10-11-13(6-3)14(15)12-5-2/h13,15H,4-12H2,1-3H3. The Labute approximate surface area is 95.6 Å². The van der Waals surface area contributed by atoms with E-state index >= 15 is 0 Å². The number of hydroxylamine groups is 2. The van der Waals surface area contributed by atoms with Gasteiger partial charge >= 0.3 is 0 Å². The van der Waals surface area contributed by atoms with Crippen LogP contribution in [0.3, 0.4) is 0 Å². The van der Waals surface area contributed by atoms with Crippen molar-refractivity contribution >= 4 is 0 Å². The minimum atomic E-state index is 0.381. The number of hydrogen-bond donors (Lipinski definition) is 1. The summed E-state index contributed by atoms with van der Waals surface area (Å²) in [5.74, 6) is 0. The summed E-state index contributed by atoms with van der Waals surface area (Å²) in [6.07, 6.45) is 9.84. The van der Waals surface area contributed by atoms with Crippen LogP contribution in [0.15, 0.2) is 0 Å². The van der Waals surface area contributed by atoms with Gasteiger partial charge in [-0.15, -0.1) is 0 Å². The average Bonchev–Trinajstić information content (AvgIpc) is 2.23. The van der Waals surface area contributed by atoms with Gasteiger partial charge < -0.3 is 5.21 Å². The number of unbranched alkanes of at least 4 members (excludes halogenated alkanes) is 4. The van der Waals surface area contributed by atoms with Gasteiger partial charge in [0.05, 0.1) is 0 Å². The van der Waals surface area contributed by atoms with Gasteiger partial charge in [-0.25, -0.2) is 0 Å². The maximum absolute atomic E-state index is 9.74. The van der Waals surface area contributed by atoms with Gasteiger partial charge in [-0.05, 0) is 19.3 Å². The van der Waals surface area contributed by atoms with Gasteiger partial charge in [0.1, 0.15) is 0 Å². The molecule has 0 heterocycles. The molecule has 0 spiro atoms. The fourth-order valence-electron chi connectivity index (χ4n) is 1.96. The fraction of sp³-hybridized carbons (Fsp3) is 1.00. The van der Waals surface area contributed by atoms with Crippen LogP contribution in [0.25, 0.3) is 0 Å². The van der Waals surface area contributed by atoms with E-state index in [4.69, 9.17) is 0 Å². The highest BCUT2D eigenvalue weighted by atomic mass is 16.5. The third kappa shape index (κ3) is 7.80. The SMILES string of the molecule is CCCCCCCC(CC)N(O)CCC. The second kappa shape index (κ2) is 10.4. The Bertz CT molecular complexity index is 128. The summed E-state index contributed by atoms with van der Waals surface area (Å²) in [6, 6.07) is 0.381. The molecule has 1 unspecified atom stereocenters. The molecule has 0 fully saturated rings. The summed E-state index contributed by atoms with van der Waals surface area (Å²) >= 11 is 0. The van der Waals surface area contributed by atoms with E-state index in [2.05, 4.69) is 20.8 Å². The van der Waals surface area contributed by atoms with Crippen molar-refractivity contribution in [3.8, 4) is 0 Å². The van der Waals surface area contributed by atoms with Gasteiger partial charge in [-0.2, -0.15) is 5.06 Å². The third-order valence-electron chi connectivity index (χ3n) is 2.99. The molecular weight excluding hydrogens is 186 g/mol. The lowest BCUT2D eigenvalue weighted by Crippen LogP contribution is -2.32. The molecule has 15 heavy (non-hydrogen) atoms. The van der Waals surface area contributed by atoms with Crippen LogP contribution in [0.5, 0.6) is 0 Å². The first-order valence-electron chi connectivity index (χ1n) is 6.71. The second-order valence-corrected chi connectivity index (χ2v) is 4.43. The molecule has 2 nitrogen and oxygen atoms in total. The van der Waals surface area contributed by atoms with E-state index in [0.717, 1.165) is 25.8 Å². The monoisotopic (exact) mass is 215 g/mol. The molecule has 0 radical (unpaired) electrons. The molecule has 1 N–H and O–H groups in total. The summed E-state index contributed by atoms with van der Waals surface area (Å²) in [7, 11) is 0. The molecular formula is C13H29NO. The van der Waals surface area contributed by atoms with Crippen molar-refractivity contribution in [2.45, 2.75) is 78.2 Å². The van der Waals surface area contributed by atoms with E-state index in [1.54, 1.807) is 5.06 Å². The van der Waals surface area contributed by atoms with Crippen molar-refractivity contribution in [2.75, 3.05) is 6.54 Å². The minimum absolute atomic E-state index is 0.381. The van der Waals surface area contributed by atoms with Gasteiger partial charge in [0, 0.05) is 12.6 Å². The molecule has 92 valence electrons. The summed E-state index contributed by atoms with van der Waals surface area (Å²) in [4.78, 5) is 0. The first-order valence-corrected chi connectivity index (χ1v) is 6.71. The Hall–Kier alpha value is -0.0800. The van der Waals surface area contributed by atoms with Gasteiger partial charge in [0.2, 0.25) is 0 Å². The highest BCUT2D eigenvalue weighted by Gasteiger charge is 2.12. The molecule has 0 aliphatic rings. The van der Waals surface area contributed by atoms with Gasteiger partial charge in [-0.1, -0.05) is 52.9 Å². The second-order valence-electron chi connectivity index (χ2n) is 4.43. The lowest BCUT2D eigenvalue weighted by atomic mass is 10.0. The van der Waals surface area contributed by atoms with Crippen molar-refractivity contribution in [1.82, 2.24) is 5.06 Å². The van der Waals surface area contributed by atoms with Crippen molar-refractivity contribution in [2.24, 2.45) is 0 Å². The molecule has 0 saturated heterocycles. The minimum Gasteiger partial charge on any atom is -0.314 e. The van der Waals surface area contributed by atoms with Crippen molar-refractivity contribution in [3.05, 3.63) is 0 Å². The Balaban J connectivity index is 3.51. The Morgan fingerprint density at radius 3 is 2.13 bits per heavy atom. The predicted molar refractivity (Wildman–Crippen MR) is 66.2 cm³/mol. The van der Waals surface area contributed by atoms with Crippen LogP contribution in [0.4, 0.5) is 0 Å². The molecule has 2 heteroatoms. The number of hydrogen-bond acceptors (Lipinski definition) is 2. The Kier molecular flexibility index (Phi) is 10.4. The molecule has 0 aromatic carbocycles. The molecule has 0 aromatic heterocycles. The van der Waals surface area contributed by atoms with Crippen LogP contribution >= 0.6 is 0 Å². The zero-order valence-electron chi connectivity index (χ0n) is 10.8. The van der Waals surface area contributed by atoms with Crippen molar-refractivity contribution in [3.63, 3.8) is 0 Å². The van der Waals surface area contributed by atoms with Crippen LogP contribution < -0.4 is 0 Å². The summed E-state index contributed by atoms with van der Waals surface area (Å²) in [6.45, 7) is 7.33. The first kappa shape index (κ1) is 14.9. The number of nitrogens with zero attached hydrogens (tertiary/aromatic N) is 1. The van der Waals surface area contributed by atoms with Crippen molar-refractivity contribution < 1.29 is 5.21 Å². The lowest BCUT2D eigenvalue weighted by molar-refractivity contribution is -0.129. The molecule has 0 saturated carbocycles. The normalized spacial score (nSPS) is 13.4. The zero-order valence-corrected chi connectivity index (χ0v) is 10.8. The molecule has 0 aliphatic heterocycles. The predicted octanol–water partition coefficient (Wildman–Crippen LogP) is 4.23. The fourth-order valence-corrected chi connectivity index (χ4v) is 1.96. The number of rotatable bonds is 10. The van der Waals surface area contributed by atoms with Crippen LogP contribution in [0.1, 0.15) is 72.1 Å². The molecule has 1 atom stereocenters. The molecule has 0 bridgehead atoms. The van der Waals surface area contributed by atoms with E-state index in [1.807, 2.05) is 0 Å². The third-order valence-corrected chi connectivity index (χ3v) is 2.99. The molecule has 0 amide bonds. The molecule has 0 aliphatic carbocycles. The maximum Gasteiger partial charge on any atom is 0.0347 e. The largest absolute Gasteiger partial charge is 0.314 e. The summed E-state index contributed by atoms with van der Waals surface area (Å²) in [5, 5.41) is 11.3. The topological polar surface area (TPSA) is 23.5 Å². The first-order chi connectivity index (χ1) is 7.26. The highest BCUT2D eigenvalue weighted by Crippen LogP contribution is 2.13. The molecule has 0 rings (SSSR count). The van der Waals surface area contributed by atoms with E-state index in [9.17, 15) is 5.21 Å². The lowest BCUT2D eigenvalue weighted by Gasteiger charge is -2.24. The Morgan fingerprint density at radius 1 is 0.933 bits per heavy atom. The maximum atomic E-state index is 9.74. The van der Waals surface area contributed by atoms with Gasteiger partial charge in [-0.3, -0.25) is 0 Å². The van der Waals surface area contributed by atoms with Gasteiger partial charge in [0.25, 0.3) is 0 Å².